The quantitative estimate of drug-likeness (QED) is 0.542. The van der Waals surface area contributed by atoms with Crippen LogP contribution in [0.4, 0.5) is 5.69 Å². The molecule has 0 aliphatic carbocycles. The van der Waals surface area contributed by atoms with E-state index < -0.39 is 0 Å². The van der Waals surface area contributed by atoms with Gasteiger partial charge in [0.2, 0.25) is 5.91 Å². The first-order valence-electron chi connectivity index (χ1n) is 9.42. The fraction of sp³-hybridized carbons (Fsp3) is 0.227. The number of aromatic nitrogens is 2. The van der Waals surface area contributed by atoms with E-state index in [1.807, 2.05) is 43.3 Å². The van der Waals surface area contributed by atoms with Crippen LogP contribution < -0.4 is 15.6 Å². The van der Waals surface area contributed by atoms with Gasteiger partial charge in [0.1, 0.15) is 5.75 Å². The molecular formula is C22H22BrN3O3. The van der Waals surface area contributed by atoms with Crippen LogP contribution in [-0.2, 0) is 11.3 Å². The molecular weight excluding hydrogens is 434 g/mol. The largest absolute Gasteiger partial charge is 0.494 e. The van der Waals surface area contributed by atoms with Gasteiger partial charge in [0, 0.05) is 34.8 Å². The molecule has 29 heavy (non-hydrogen) atoms. The summed E-state index contributed by atoms with van der Waals surface area (Å²) in [5.74, 6) is 0.660. The molecule has 7 heteroatoms. The lowest BCUT2D eigenvalue weighted by Crippen LogP contribution is -2.23. The lowest BCUT2D eigenvalue weighted by atomic mass is 10.1. The van der Waals surface area contributed by atoms with E-state index >= 15 is 0 Å². The van der Waals surface area contributed by atoms with E-state index in [4.69, 9.17) is 4.74 Å². The van der Waals surface area contributed by atoms with Crippen LogP contribution in [0.25, 0.3) is 11.3 Å². The van der Waals surface area contributed by atoms with Crippen LogP contribution in [0.3, 0.4) is 0 Å². The van der Waals surface area contributed by atoms with Gasteiger partial charge in [-0.15, -0.1) is 0 Å². The van der Waals surface area contributed by atoms with Crippen LogP contribution in [-0.4, -0.2) is 22.3 Å². The monoisotopic (exact) mass is 455 g/mol. The van der Waals surface area contributed by atoms with Crippen molar-refractivity contribution in [2.45, 2.75) is 26.3 Å². The van der Waals surface area contributed by atoms with Gasteiger partial charge in [0.15, 0.2) is 0 Å². The standard InChI is InChI=1S/C22H22BrN3O3/c1-2-29-19-11-9-18(10-12-19)24-21(27)4-3-15-26-22(28)14-13-20(25-26)16-5-7-17(23)8-6-16/h5-14H,2-4,15H2,1H3,(H,24,27). The Morgan fingerprint density at radius 3 is 2.48 bits per heavy atom. The summed E-state index contributed by atoms with van der Waals surface area (Å²) in [5, 5.41) is 7.27. The number of hydrogen-bond acceptors (Lipinski definition) is 4. The van der Waals surface area contributed by atoms with Crippen molar-refractivity contribution in [3.8, 4) is 17.0 Å². The highest BCUT2D eigenvalue weighted by Crippen LogP contribution is 2.19. The number of nitrogens with one attached hydrogen (secondary N) is 1. The third-order valence-electron chi connectivity index (χ3n) is 4.23. The number of benzene rings is 2. The smallest absolute Gasteiger partial charge is 0.266 e. The van der Waals surface area contributed by atoms with E-state index in [0.29, 0.717) is 31.7 Å². The Kier molecular flexibility index (Phi) is 7.19. The second kappa shape index (κ2) is 10.0. The fourth-order valence-electron chi connectivity index (χ4n) is 2.80. The molecule has 0 aliphatic heterocycles. The van der Waals surface area contributed by atoms with Crippen LogP contribution in [0.5, 0.6) is 5.75 Å². The molecule has 1 aromatic heterocycles. The van der Waals surface area contributed by atoms with Crippen molar-refractivity contribution in [3.05, 3.63) is 75.5 Å². The number of carbonyl (C=O) groups excluding carboxylic acids is 1. The maximum atomic E-state index is 12.2. The van der Waals surface area contributed by atoms with E-state index in [9.17, 15) is 9.59 Å². The van der Waals surface area contributed by atoms with Crippen LogP contribution >= 0.6 is 15.9 Å². The normalized spacial score (nSPS) is 10.6. The highest BCUT2D eigenvalue weighted by Gasteiger charge is 2.06. The molecule has 1 amide bonds. The molecule has 0 atom stereocenters. The lowest BCUT2D eigenvalue weighted by Gasteiger charge is -2.09. The van der Waals surface area contributed by atoms with Crippen LogP contribution in [0.15, 0.2) is 69.9 Å². The summed E-state index contributed by atoms with van der Waals surface area (Å²) in [4.78, 5) is 24.3. The van der Waals surface area contributed by atoms with Gasteiger partial charge in [-0.3, -0.25) is 9.59 Å². The van der Waals surface area contributed by atoms with Crippen molar-refractivity contribution >= 4 is 27.5 Å². The maximum absolute atomic E-state index is 12.2. The van der Waals surface area contributed by atoms with Crippen molar-refractivity contribution in [2.75, 3.05) is 11.9 Å². The predicted octanol–water partition coefficient (Wildman–Crippen LogP) is 4.49. The van der Waals surface area contributed by atoms with E-state index in [-0.39, 0.29) is 11.5 Å². The zero-order chi connectivity index (χ0) is 20.6. The number of rotatable bonds is 8. The Morgan fingerprint density at radius 2 is 1.79 bits per heavy atom. The Morgan fingerprint density at radius 1 is 1.07 bits per heavy atom. The summed E-state index contributed by atoms with van der Waals surface area (Å²) in [6.07, 6.45) is 0.809. The van der Waals surface area contributed by atoms with Crippen molar-refractivity contribution in [1.29, 1.82) is 0 Å². The number of nitrogens with zero attached hydrogens (tertiary/aromatic N) is 2. The molecule has 0 aliphatic rings. The lowest BCUT2D eigenvalue weighted by molar-refractivity contribution is -0.116. The van der Waals surface area contributed by atoms with Gasteiger partial charge in [0.05, 0.1) is 12.3 Å². The van der Waals surface area contributed by atoms with Crippen molar-refractivity contribution in [1.82, 2.24) is 9.78 Å². The number of carbonyl (C=O) groups is 1. The molecule has 3 aromatic rings. The van der Waals surface area contributed by atoms with Gasteiger partial charge in [-0.1, -0.05) is 28.1 Å². The van der Waals surface area contributed by atoms with Crippen LogP contribution in [0.1, 0.15) is 19.8 Å². The molecule has 0 spiro atoms. The number of hydrogen-bond donors (Lipinski definition) is 1. The third-order valence-corrected chi connectivity index (χ3v) is 4.76. The van der Waals surface area contributed by atoms with Gasteiger partial charge in [-0.2, -0.15) is 5.10 Å². The molecule has 150 valence electrons. The highest BCUT2D eigenvalue weighted by molar-refractivity contribution is 9.10. The summed E-state index contributed by atoms with van der Waals surface area (Å²) in [6, 6.07) is 18.2. The minimum absolute atomic E-state index is 0.105. The molecule has 2 aromatic carbocycles. The second-order valence-corrected chi connectivity index (χ2v) is 7.31. The highest BCUT2D eigenvalue weighted by atomic mass is 79.9. The zero-order valence-electron chi connectivity index (χ0n) is 16.1. The summed E-state index contributed by atoms with van der Waals surface area (Å²) in [7, 11) is 0. The van der Waals surface area contributed by atoms with Crippen LogP contribution in [0, 0.1) is 0 Å². The maximum Gasteiger partial charge on any atom is 0.266 e. The average molecular weight is 456 g/mol. The number of aryl methyl sites for hydroxylation is 1. The van der Waals surface area contributed by atoms with Crippen molar-refractivity contribution in [3.63, 3.8) is 0 Å². The van der Waals surface area contributed by atoms with E-state index in [0.717, 1.165) is 21.5 Å². The topological polar surface area (TPSA) is 73.2 Å². The first-order chi connectivity index (χ1) is 14.0. The molecule has 6 nitrogen and oxygen atoms in total. The van der Waals surface area contributed by atoms with Crippen LogP contribution in [0.2, 0.25) is 0 Å². The molecule has 1 N–H and O–H groups in total. The van der Waals surface area contributed by atoms with E-state index in [1.54, 1.807) is 18.2 Å². The van der Waals surface area contributed by atoms with E-state index in [2.05, 4.69) is 26.3 Å². The number of amides is 1. The first kappa shape index (κ1) is 20.8. The fourth-order valence-corrected chi connectivity index (χ4v) is 3.06. The van der Waals surface area contributed by atoms with E-state index in [1.165, 1.54) is 10.7 Å². The Labute approximate surface area is 177 Å². The first-order valence-corrected chi connectivity index (χ1v) is 10.2. The average Bonchev–Trinajstić information content (AvgIpc) is 2.72. The third kappa shape index (κ3) is 6.02. The molecule has 0 bridgehead atoms. The minimum Gasteiger partial charge on any atom is -0.494 e. The predicted molar refractivity (Wildman–Crippen MR) is 117 cm³/mol. The Balaban J connectivity index is 1.55. The number of ether oxygens (including phenoxy) is 1. The molecule has 0 radical (unpaired) electrons. The van der Waals surface area contributed by atoms with Gasteiger partial charge >= 0.3 is 0 Å². The second-order valence-electron chi connectivity index (χ2n) is 6.40. The molecule has 1 heterocycles. The summed E-state index contributed by atoms with van der Waals surface area (Å²) in [5.41, 5.74) is 2.18. The Bertz CT molecular complexity index is 1010. The van der Waals surface area contributed by atoms with Gasteiger partial charge in [-0.25, -0.2) is 4.68 Å². The van der Waals surface area contributed by atoms with Crippen molar-refractivity contribution < 1.29 is 9.53 Å². The van der Waals surface area contributed by atoms with Gasteiger partial charge in [0.25, 0.3) is 5.56 Å². The number of halogens is 1. The summed E-state index contributed by atoms with van der Waals surface area (Å²) in [6.45, 7) is 2.90. The summed E-state index contributed by atoms with van der Waals surface area (Å²) < 4.78 is 7.77. The molecule has 0 fully saturated rings. The molecule has 0 saturated carbocycles. The zero-order valence-corrected chi connectivity index (χ0v) is 17.7. The molecule has 0 unspecified atom stereocenters. The van der Waals surface area contributed by atoms with Crippen molar-refractivity contribution in [2.24, 2.45) is 0 Å². The molecule has 0 saturated heterocycles. The van der Waals surface area contributed by atoms with Gasteiger partial charge in [-0.05, 0) is 55.8 Å². The molecule has 3 rings (SSSR count). The summed E-state index contributed by atoms with van der Waals surface area (Å²) >= 11 is 3.41. The Hall–Kier alpha value is -2.93. The van der Waals surface area contributed by atoms with Gasteiger partial charge < -0.3 is 10.1 Å². The minimum atomic E-state index is -0.183. The SMILES string of the molecule is CCOc1ccc(NC(=O)CCCn2nc(-c3ccc(Br)cc3)ccc2=O)cc1. The number of anilines is 1.